The van der Waals surface area contributed by atoms with Crippen LogP contribution >= 0.6 is 11.8 Å². The van der Waals surface area contributed by atoms with E-state index in [4.69, 9.17) is 0 Å². The Labute approximate surface area is 154 Å². The van der Waals surface area contributed by atoms with E-state index in [1.165, 1.54) is 18.3 Å². The van der Waals surface area contributed by atoms with Gasteiger partial charge >= 0.3 is 5.51 Å². The number of piperidine rings is 1. The monoisotopic (exact) mass is 389 g/mol. The molecule has 2 heterocycles. The molecule has 1 aromatic heterocycles. The van der Waals surface area contributed by atoms with Crippen molar-refractivity contribution in [3.63, 3.8) is 0 Å². The Morgan fingerprint density at radius 2 is 2.00 bits per heavy atom. The van der Waals surface area contributed by atoms with Gasteiger partial charge in [0.2, 0.25) is 5.91 Å². The Morgan fingerprint density at radius 3 is 2.58 bits per heavy atom. The van der Waals surface area contributed by atoms with E-state index in [1.807, 2.05) is 13.8 Å². The van der Waals surface area contributed by atoms with E-state index < -0.39 is 23.2 Å². The molecule has 0 saturated carbocycles. The maximum atomic E-state index is 12.6. The number of alkyl halides is 3. The van der Waals surface area contributed by atoms with E-state index in [-0.39, 0.29) is 28.5 Å². The lowest BCUT2D eigenvalue weighted by atomic mass is 10.0. The first kappa shape index (κ1) is 20.5. The number of hydrogen-bond donors (Lipinski definition) is 1. The molecule has 2 rings (SSSR count). The minimum absolute atomic E-state index is 0.0897. The fourth-order valence-electron chi connectivity index (χ4n) is 2.77. The second kappa shape index (κ2) is 8.75. The number of likely N-dealkylation sites (tertiary alicyclic amines) is 1. The van der Waals surface area contributed by atoms with Gasteiger partial charge < -0.3 is 10.2 Å². The predicted octanol–water partition coefficient (Wildman–Crippen LogP) is 3.46. The number of halogens is 3. The Bertz CT molecular complexity index is 644. The van der Waals surface area contributed by atoms with Gasteiger partial charge in [-0.1, -0.05) is 13.8 Å². The van der Waals surface area contributed by atoms with Gasteiger partial charge in [0.15, 0.2) is 0 Å². The molecule has 0 radical (unpaired) electrons. The molecule has 2 amide bonds. The summed E-state index contributed by atoms with van der Waals surface area (Å²) in [6.07, 6.45) is 2.88. The Kier molecular flexibility index (Phi) is 6.91. The van der Waals surface area contributed by atoms with Crippen LogP contribution < -0.4 is 5.32 Å². The van der Waals surface area contributed by atoms with Crippen LogP contribution in [-0.2, 0) is 4.79 Å². The maximum absolute atomic E-state index is 12.6. The largest absolute Gasteiger partial charge is 0.447 e. The lowest BCUT2D eigenvalue weighted by Crippen LogP contribution is -2.46. The average Bonchev–Trinajstić information content (AvgIpc) is 2.53. The van der Waals surface area contributed by atoms with Gasteiger partial charge in [-0.15, -0.1) is 0 Å². The van der Waals surface area contributed by atoms with Crippen molar-refractivity contribution in [2.75, 3.05) is 13.1 Å². The molecule has 9 heteroatoms. The molecule has 1 fully saturated rings. The normalized spacial score (nSPS) is 16.0. The highest BCUT2D eigenvalue weighted by Crippen LogP contribution is 2.37. The molecule has 0 atom stereocenters. The van der Waals surface area contributed by atoms with Gasteiger partial charge in [-0.25, -0.2) is 4.98 Å². The first-order chi connectivity index (χ1) is 12.2. The molecule has 1 aliphatic rings. The summed E-state index contributed by atoms with van der Waals surface area (Å²) in [4.78, 5) is 29.9. The SMILES string of the molecule is CC(C)CC(=O)N1CCC(NC(=O)c2cccnc2SC(F)(F)F)CC1. The van der Waals surface area contributed by atoms with Gasteiger partial charge in [-0.3, -0.25) is 9.59 Å². The smallest absolute Gasteiger partial charge is 0.349 e. The third-order valence-corrected chi connectivity index (χ3v) is 4.74. The minimum atomic E-state index is -4.51. The molecular weight excluding hydrogens is 367 g/mol. The average molecular weight is 389 g/mol. The van der Waals surface area contributed by atoms with Crippen molar-refractivity contribution in [2.45, 2.75) is 49.7 Å². The van der Waals surface area contributed by atoms with Crippen LogP contribution in [0, 0.1) is 5.92 Å². The van der Waals surface area contributed by atoms with E-state index in [1.54, 1.807) is 4.90 Å². The third-order valence-electron chi connectivity index (χ3n) is 3.99. The predicted molar refractivity (Wildman–Crippen MR) is 92.7 cm³/mol. The van der Waals surface area contributed by atoms with Crippen molar-refractivity contribution >= 4 is 23.6 Å². The van der Waals surface area contributed by atoms with E-state index in [2.05, 4.69) is 10.3 Å². The van der Waals surface area contributed by atoms with E-state index in [0.717, 1.165) is 0 Å². The molecule has 0 spiro atoms. The number of hydrogen-bond acceptors (Lipinski definition) is 4. The second-order valence-electron chi connectivity index (χ2n) is 6.63. The van der Waals surface area contributed by atoms with Crippen LogP contribution in [0.5, 0.6) is 0 Å². The summed E-state index contributed by atoms with van der Waals surface area (Å²) in [6, 6.07) is 2.59. The van der Waals surface area contributed by atoms with Gasteiger partial charge in [-0.2, -0.15) is 13.2 Å². The highest BCUT2D eigenvalue weighted by atomic mass is 32.2. The molecule has 1 aliphatic heterocycles. The summed E-state index contributed by atoms with van der Waals surface area (Å²) in [5, 5.41) is 2.40. The van der Waals surface area contributed by atoms with E-state index >= 15 is 0 Å². The second-order valence-corrected chi connectivity index (χ2v) is 7.68. The van der Waals surface area contributed by atoms with E-state index in [0.29, 0.717) is 32.4 Å². The topological polar surface area (TPSA) is 62.3 Å². The summed E-state index contributed by atoms with van der Waals surface area (Å²) in [5.74, 6) is -0.187. The summed E-state index contributed by atoms with van der Waals surface area (Å²) in [5.41, 5.74) is -4.60. The number of nitrogens with zero attached hydrogens (tertiary/aromatic N) is 2. The molecule has 1 aromatic rings. The fraction of sp³-hybridized carbons (Fsp3) is 0.588. The van der Waals surface area contributed by atoms with Crippen molar-refractivity contribution in [1.29, 1.82) is 0 Å². The zero-order valence-corrected chi connectivity index (χ0v) is 15.5. The maximum Gasteiger partial charge on any atom is 0.447 e. The van der Waals surface area contributed by atoms with Crippen LogP contribution in [0.15, 0.2) is 23.4 Å². The van der Waals surface area contributed by atoms with Crippen LogP contribution in [0.1, 0.15) is 43.5 Å². The van der Waals surface area contributed by atoms with Crippen LogP contribution in [0.2, 0.25) is 0 Å². The van der Waals surface area contributed by atoms with Gasteiger partial charge in [-0.05, 0) is 30.9 Å². The van der Waals surface area contributed by atoms with Gasteiger partial charge in [0.05, 0.1) is 5.56 Å². The number of carbonyl (C=O) groups excluding carboxylic acids is 2. The number of aromatic nitrogens is 1. The Balaban J connectivity index is 1.93. The molecule has 1 N–H and O–H groups in total. The Morgan fingerprint density at radius 1 is 1.35 bits per heavy atom. The molecule has 1 saturated heterocycles. The van der Waals surface area contributed by atoms with Crippen molar-refractivity contribution in [3.05, 3.63) is 23.9 Å². The molecule has 5 nitrogen and oxygen atoms in total. The summed E-state index contributed by atoms with van der Waals surface area (Å²) in [6.45, 7) is 5.03. The number of amides is 2. The number of carbonyl (C=O) groups is 2. The summed E-state index contributed by atoms with van der Waals surface area (Å²) >= 11 is -0.397. The van der Waals surface area contributed by atoms with Gasteiger partial charge in [0, 0.05) is 43.5 Å². The van der Waals surface area contributed by atoms with Crippen LogP contribution in [-0.4, -0.2) is 46.3 Å². The number of thioether (sulfide) groups is 1. The highest BCUT2D eigenvalue weighted by molar-refractivity contribution is 8.00. The lowest BCUT2D eigenvalue weighted by Gasteiger charge is -2.33. The van der Waals surface area contributed by atoms with Crippen molar-refractivity contribution in [3.8, 4) is 0 Å². The quantitative estimate of drug-likeness (QED) is 0.784. The van der Waals surface area contributed by atoms with Crippen LogP contribution in [0.4, 0.5) is 13.2 Å². The fourth-order valence-corrected chi connectivity index (χ4v) is 3.37. The Hall–Kier alpha value is -1.77. The third kappa shape index (κ3) is 6.19. The summed E-state index contributed by atoms with van der Waals surface area (Å²) in [7, 11) is 0. The van der Waals surface area contributed by atoms with Gasteiger partial charge in [0.1, 0.15) is 5.03 Å². The number of rotatable bonds is 5. The van der Waals surface area contributed by atoms with Gasteiger partial charge in [0.25, 0.3) is 5.91 Å². The molecule has 0 unspecified atom stereocenters. The lowest BCUT2D eigenvalue weighted by molar-refractivity contribution is -0.133. The summed E-state index contributed by atoms with van der Waals surface area (Å²) < 4.78 is 37.8. The molecule has 144 valence electrons. The minimum Gasteiger partial charge on any atom is -0.349 e. The molecular formula is C17H22F3N3O2S. The number of pyridine rings is 1. The zero-order valence-electron chi connectivity index (χ0n) is 14.7. The molecule has 0 aromatic carbocycles. The molecule has 0 aliphatic carbocycles. The van der Waals surface area contributed by atoms with Crippen LogP contribution in [0.3, 0.4) is 0 Å². The first-order valence-electron chi connectivity index (χ1n) is 8.45. The zero-order chi connectivity index (χ0) is 19.3. The van der Waals surface area contributed by atoms with Crippen molar-refractivity contribution in [2.24, 2.45) is 5.92 Å². The number of nitrogens with one attached hydrogen (secondary N) is 1. The van der Waals surface area contributed by atoms with Crippen LogP contribution in [0.25, 0.3) is 0 Å². The first-order valence-corrected chi connectivity index (χ1v) is 9.26. The highest BCUT2D eigenvalue weighted by Gasteiger charge is 2.33. The standard InChI is InChI=1S/C17H22F3N3O2S/c1-11(2)10-14(24)23-8-5-12(6-9-23)22-15(25)13-4-3-7-21-16(13)26-17(18,19)20/h3-4,7,11-12H,5-6,8-10H2,1-2H3,(H,22,25). The van der Waals surface area contributed by atoms with Crippen molar-refractivity contribution in [1.82, 2.24) is 15.2 Å². The molecule has 26 heavy (non-hydrogen) atoms. The molecule has 0 bridgehead atoms. The van der Waals surface area contributed by atoms with E-state index in [9.17, 15) is 22.8 Å². The van der Waals surface area contributed by atoms with Crippen molar-refractivity contribution < 1.29 is 22.8 Å².